The third-order valence-corrected chi connectivity index (χ3v) is 2.97. The van der Waals surface area contributed by atoms with Crippen molar-refractivity contribution in [3.05, 3.63) is 35.6 Å². The Kier molecular flexibility index (Phi) is 5.62. The first-order valence-corrected chi connectivity index (χ1v) is 5.95. The van der Waals surface area contributed by atoms with Crippen molar-refractivity contribution in [2.24, 2.45) is 5.73 Å². The van der Waals surface area contributed by atoms with E-state index in [0.29, 0.717) is 12.0 Å². The van der Waals surface area contributed by atoms with Crippen molar-refractivity contribution in [1.82, 2.24) is 4.90 Å². The lowest BCUT2D eigenvalue weighted by Gasteiger charge is -2.32. The Hall–Kier alpha value is -1.07. The summed E-state index contributed by atoms with van der Waals surface area (Å²) in [5.41, 5.74) is 6.60. The molecule has 2 N–H and O–H groups in total. The average Bonchev–Trinajstić information content (AvgIpc) is 2.28. The van der Waals surface area contributed by atoms with Gasteiger partial charge in [0.25, 0.3) is 6.43 Å². The molecule has 0 radical (unpaired) electrons. The second kappa shape index (κ2) is 6.75. The Morgan fingerprint density at radius 1 is 1.33 bits per heavy atom. The molecule has 2 atom stereocenters. The number of nitrogens with two attached hydrogens (primary N) is 1. The highest BCUT2D eigenvalue weighted by Crippen LogP contribution is 2.25. The predicted octanol–water partition coefficient (Wildman–Crippen LogP) is 2.80. The highest BCUT2D eigenvalue weighted by atomic mass is 19.3. The maximum Gasteiger partial charge on any atom is 0.251 e. The Morgan fingerprint density at radius 3 is 2.50 bits per heavy atom. The summed E-state index contributed by atoms with van der Waals surface area (Å²) in [6.07, 6.45) is -1.80. The summed E-state index contributed by atoms with van der Waals surface area (Å²) >= 11 is 0. The van der Waals surface area contributed by atoms with Crippen molar-refractivity contribution < 1.29 is 13.2 Å². The molecule has 1 rings (SSSR count). The summed E-state index contributed by atoms with van der Waals surface area (Å²) in [6, 6.07) is 5.24. The van der Waals surface area contributed by atoms with E-state index in [1.54, 1.807) is 19.2 Å². The van der Waals surface area contributed by atoms with Gasteiger partial charge in [-0.3, -0.25) is 4.90 Å². The zero-order valence-electron chi connectivity index (χ0n) is 10.6. The molecule has 0 aliphatic carbocycles. The van der Waals surface area contributed by atoms with E-state index in [2.05, 4.69) is 0 Å². The van der Waals surface area contributed by atoms with Gasteiger partial charge in [0.15, 0.2) is 0 Å². The summed E-state index contributed by atoms with van der Waals surface area (Å²) in [4.78, 5) is 1.48. The summed E-state index contributed by atoms with van der Waals surface area (Å²) in [5.74, 6) is -0.383. The van der Waals surface area contributed by atoms with Crippen molar-refractivity contribution in [1.29, 1.82) is 0 Å². The molecule has 0 spiro atoms. The number of halogens is 3. The van der Waals surface area contributed by atoms with Crippen LogP contribution in [0.4, 0.5) is 13.2 Å². The van der Waals surface area contributed by atoms with E-state index in [1.807, 2.05) is 6.92 Å². The van der Waals surface area contributed by atoms with Gasteiger partial charge >= 0.3 is 0 Å². The number of rotatable bonds is 6. The maximum atomic E-state index is 13.2. The van der Waals surface area contributed by atoms with Crippen molar-refractivity contribution in [2.75, 3.05) is 13.6 Å². The summed E-state index contributed by atoms with van der Waals surface area (Å²) in [5, 5.41) is 0. The first kappa shape index (κ1) is 15.0. The van der Waals surface area contributed by atoms with E-state index in [-0.39, 0.29) is 18.4 Å². The first-order chi connectivity index (χ1) is 8.45. The first-order valence-electron chi connectivity index (χ1n) is 5.95. The largest absolute Gasteiger partial charge is 0.326 e. The van der Waals surface area contributed by atoms with Crippen molar-refractivity contribution in [3.8, 4) is 0 Å². The van der Waals surface area contributed by atoms with Crippen LogP contribution in [0, 0.1) is 5.82 Å². The monoisotopic (exact) mass is 260 g/mol. The molecular weight excluding hydrogens is 241 g/mol. The molecule has 0 aromatic heterocycles. The second-order valence-corrected chi connectivity index (χ2v) is 4.40. The Balaban J connectivity index is 2.97. The SMILES string of the molecule is CCC(N)C(c1cccc(F)c1)N(C)CC(F)F. The second-order valence-electron chi connectivity index (χ2n) is 4.40. The molecule has 0 bridgehead atoms. The Bertz CT molecular complexity index is 371. The molecule has 0 saturated carbocycles. The molecule has 0 amide bonds. The number of benzene rings is 1. The molecule has 18 heavy (non-hydrogen) atoms. The van der Waals surface area contributed by atoms with Gasteiger partial charge in [-0.1, -0.05) is 19.1 Å². The van der Waals surface area contributed by atoms with Crippen LogP contribution in [0.3, 0.4) is 0 Å². The average molecular weight is 260 g/mol. The molecule has 2 unspecified atom stereocenters. The predicted molar refractivity (Wildman–Crippen MR) is 66.0 cm³/mol. The van der Waals surface area contributed by atoms with E-state index in [0.717, 1.165) is 0 Å². The van der Waals surface area contributed by atoms with Gasteiger partial charge in [-0.05, 0) is 31.2 Å². The van der Waals surface area contributed by atoms with E-state index in [4.69, 9.17) is 5.73 Å². The van der Waals surface area contributed by atoms with Crippen LogP contribution in [-0.2, 0) is 0 Å². The Labute approximate surface area is 106 Å². The number of nitrogens with zero attached hydrogens (tertiary/aromatic N) is 1. The fourth-order valence-corrected chi connectivity index (χ4v) is 2.07. The normalized spacial score (nSPS) is 15.1. The quantitative estimate of drug-likeness (QED) is 0.852. The van der Waals surface area contributed by atoms with E-state index < -0.39 is 12.5 Å². The minimum Gasteiger partial charge on any atom is -0.326 e. The van der Waals surface area contributed by atoms with Crippen LogP contribution >= 0.6 is 0 Å². The summed E-state index contributed by atoms with van der Waals surface area (Å²) in [7, 11) is 1.58. The van der Waals surface area contributed by atoms with Crippen molar-refractivity contribution in [2.45, 2.75) is 31.9 Å². The van der Waals surface area contributed by atoms with Gasteiger partial charge in [0.1, 0.15) is 5.82 Å². The van der Waals surface area contributed by atoms with Crippen molar-refractivity contribution >= 4 is 0 Å². The molecule has 102 valence electrons. The minimum absolute atomic E-state index is 0.310. The number of likely N-dealkylation sites (N-methyl/N-ethyl adjacent to an activating group) is 1. The van der Waals surface area contributed by atoms with Crippen LogP contribution in [0.25, 0.3) is 0 Å². The van der Waals surface area contributed by atoms with Crippen LogP contribution in [0.15, 0.2) is 24.3 Å². The smallest absolute Gasteiger partial charge is 0.251 e. The number of hydrogen-bond acceptors (Lipinski definition) is 2. The molecule has 1 aromatic carbocycles. The molecule has 5 heteroatoms. The highest BCUT2D eigenvalue weighted by molar-refractivity contribution is 5.21. The zero-order valence-corrected chi connectivity index (χ0v) is 10.6. The van der Waals surface area contributed by atoms with Gasteiger partial charge in [0.2, 0.25) is 0 Å². The molecule has 0 heterocycles. The maximum absolute atomic E-state index is 13.2. The van der Waals surface area contributed by atoms with Gasteiger partial charge in [0, 0.05) is 12.1 Å². The van der Waals surface area contributed by atoms with Gasteiger partial charge in [-0.2, -0.15) is 0 Å². The molecule has 0 fully saturated rings. The molecule has 0 aliphatic heterocycles. The number of hydrogen-bond donors (Lipinski definition) is 1. The lowest BCUT2D eigenvalue weighted by Crippen LogP contribution is -2.40. The summed E-state index contributed by atoms with van der Waals surface area (Å²) < 4.78 is 38.1. The lowest BCUT2D eigenvalue weighted by atomic mass is 9.96. The van der Waals surface area contributed by atoms with Crippen LogP contribution in [-0.4, -0.2) is 31.0 Å². The highest BCUT2D eigenvalue weighted by Gasteiger charge is 2.25. The van der Waals surface area contributed by atoms with Gasteiger partial charge in [0.05, 0.1) is 6.54 Å². The zero-order chi connectivity index (χ0) is 13.7. The van der Waals surface area contributed by atoms with Crippen LogP contribution in [0.2, 0.25) is 0 Å². The molecule has 2 nitrogen and oxygen atoms in total. The van der Waals surface area contributed by atoms with Gasteiger partial charge in [-0.15, -0.1) is 0 Å². The van der Waals surface area contributed by atoms with E-state index in [1.165, 1.54) is 17.0 Å². The third kappa shape index (κ3) is 3.99. The lowest BCUT2D eigenvalue weighted by molar-refractivity contribution is 0.0734. The summed E-state index contributed by atoms with van der Waals surface area (Å²) in [6.45, 7) is 1.50. The standard InChI is InChI=1S/C13H19F3N2/c1-3-11(17)13(18(2)8-12(15)16)9-5-4-6-10(14)7-9/h4-7,11-13H,3,8,17H2,1-2H3. The van der Waals surface area contributed by atoms with E-state index >= 15 is 0 Å². The fourth-order valence-electron chi connectivity index (χ4n) is 2.07. The van der Waals surface area contributed by atoms with Crippen molar-refractivity contribution in [3.63, 3.8) is 0 Å². The molecular formula is C13H19F3N2. The van der Waals surface area contributed by atoms with Crippen LogP contribution in [0.5, 0.6) is 0 Å². The van der Waals surface area contributed by atoms with E-state index in [9.17, 15) is 13.2 Å². The fraction of sp³-hybridized carbons (Fsp3) is 0.538. The number of alkyl halides is 2. The molecule has 1 aromatic rings. The minimum atomic E-state index is -2.44. The van der Waals surface area contributed by atoms with Crippen LogP contribution in [0.1, 0.15) is 24.9 Å². The Morgan fingerprint density at radius 2 is 2.00 bits per heavy atom. The van der Waals surface area contributed by atoms with Crippen LogP contribution < -0.4 is 5.73 Å². The molecule has 0 aliphatic rings. The van der Waals surface area contributed by atoms with Gasteiger partial charge < -0.3 is 5.73 Å². The molecule has 0 saturated heterocycles. The topological polar surface area (TPSA) is 29.3 Å². The van der Waals surface area contributed by atoms with Gasteiger partial charge in [-0.25, -0.2) is 13.2 Å². The third-order valence-electron chi connectivity index (χ3n) is 2.97.